The average molecular weight is 626 g/mol. The molecule has 0 unspecified atom stereocenters. The van der Waals surface area contributed by atoms with Gasteiger partial charge in [0.15, 0.2) is 17.5 Å². The van der Waals surface area contributed by atoms with Gasteiger partial charge in [-0.3, -0.25) is 0 Å². The zero-order valence-electron chi connectivity index (χ0n) is 26.7. The largest absolute Gasteiger partial charge is 0.208 e. The van der Waals surface area contributed by atoms with Gasteiger partial charge in [-0.2, -0.15) is 0 Å². The Balaban J connectivity index is 1.23. The van der Waals surface area contributed by atoms with E-state index in [2.05, 4.69) is 164 Å². The Kier molecular flexibility index (Phi) is 7.02. The summed E-state index contributed by atoms with van der Waals surface area (Å²) in [4.78, 5) is 15.2. The van der Waals surface area contributed by atoms with Gasteiger partial charge in [0, 0.05) is 16.7 Å². The van der Waals surface area contributed by atoms with Gasteiger partial charge < -0.3 is 0 Å². The van der Waals surface area contributed by atoms with Gasteiger partial charge in [-0.15, -0.1) is 0 Å². The molecule has 7 aromatic carbocycles. The Hall–Kier alpha value is -6.45. The van der Waals surface area contributed by atoms with Crippen molar-refractivity contribution in [2.45, 2.75) is 5.41 Å². The van der Waals surface area contributed by atoms with Gasteiger partial charge in [0.1, 0.15) is 0 Å². The van der Waals surface area contributed by atoms with Gasteiger partial charge in [0.05, 0.1) is 5.41 Å². The smallest absolute Gasteiger partial charge is 0.164 e. The molecule has 1 aromatic heterocycles. The zero-order chi connectivity index (χ0) is 32.6. The molecular weight excluding hydrogens is 595 g/mol. The van der Waals surface area contributed by atoms with E-state index in [4.69, 9.17) is 15.0 Å². The number of aromatic nitrogens is 3. The molecule has 0 N–H and O–H groups in total. The third-order valence-electron chi connectivity index (χ3n) is 9.63. The fourth-order valence-electron chi connectivity index (χ4n) is 7.38. The van der Waals surface area contributed by atoms with Crippen molar-refractivity contribution in [3.8, 4) is 56.4 Å². The molecule has 0 bridgehead atoms. The molecule has 0 saturated carbocycles. The number of hydrogen-bond acceptors (Lipinski definition) is 3. The fraction of sp³-hybridized carbons (Fsp3) is 0.0217. The Bertz CT molecular complexity index is 2370. The molecule has 0 spiro atoms. The standard InChI is InChI=1S/C46H31N3/c1-5-15-32(16-6-1)33-25-27-35(28-26-33)44-47-43(34-17-7-2-8-18-34)48-45(49-44)36-29-30-42-40(31-36)39-23-13-14-24-41(39)46(42,37-19-9-3-10-20-37)38-21-11-4-12-22-38/h1-31H. The highest BCUT2D eigenvalue weighted by Gasteiger charge is 2.46. The molecule has 0 saturated heterocycles. The third-order valence-corrected chi connectivity index (χ3v) is 9.63. The lowest BCUT2D eigenvalue weighted by Crippen LogP contribution is -2.28. The lowest BCUT2D eigenvalue weighted by Gasteiger charge is -2.33. The molecule has 1 aliphatic rings. The summed E-state index contributed by atoms with van der Waals surface area (Å²) < 4.78 is 0. The molecule has 3 heteroatoms. The minimum atomic E-state index is -0.451. The van der Waals surface area contributed by atoms with E-state index >= 15 is 0 Å². The molecule has 1 heterocycles. The second-order valence-electron chi connectivity index (χ2n) is 12.4. The predicted octanol–water partition coefficient (Wildman–Crippen LogP) is 10.9. The quantitative estimate of drug-likeness (QED) is 0.185. The van der Waals surface area contributed by atoms with Gasteiger partial charge in [-0.05, 0) is 50.6 Å². The van der Waals surface area contributed by atoms with Gasteiger partial charge in [0.2, 0.25) is 0 Å². The van der Waals surface area contributed by atoms with Crippen molar-refractivity contribution >= 4 is 0 Å². The van der Waals surface area contributed by atoms with E-state index in [-0.39, 0.29) is 0 Å². The summed E-state index contributed by atoms with van der Waals surface area (Å²) in [6.45, 7) is 0. The van der Waals surface area contributed by atoms with Crippen LogP contribution in [0.15, 0.2) is 188 Å². The van der Waals surface area contributed by atoms with E-state index in [9.17, 15) is 0 Å². The molecule has 0 radical (unpaired) electrons. The first kappa shape index (κ1) is 28.7. The summed E-state index contributed by atoms with van der Waals surface area (Å²) in [5.41, 5.74) is 12.2. The van der Waals surface area contributed by atoms with E-state index < -0.39 is 5.41 Å². The molecule has 0 fully saturated rings. The molecule has 230 valence electrons. The zero-order valence-corrected chi connectivity index (χ0v) is 26.7. The lowest BCUT2D eigenvalue weighted by molar-refractivity contribution is 0.768. The molecule has 8 aromatic rings. The minimum absolute atomic E-state index is 0.451. The van der Waals surface area contributed by atoms with Crippen LogP contribution in [0, 0.1) is 0 Å². The van der Waals surface area contributed by atoms with Gasteiger partial charge in [-0.1, -0.05) is 182 Å². The highest BCUT2D eigenvalue weighted by Crippen LogP contribution is 2.56. The van der Waals surface area contributed by atoms with Crippen LogP contribution in [-0.4, -0.2) is 15.0 Å². The number of rotatable bonds is 6. The van der Waals surface area contributed by atoms with E-state index in [1.165, 1.54) is 38.9 Å². The lowest BCUT2D eigenvalue weighted by atomic mass is 9.67. The fourth-order valence-corrected chi connectivity index (χ4v) is 7.38. The summed E-state index contributed by atoms with van der Waals surface area (Å²) in [6, 6.07) is 66.3. The van der Waals surface area contributed by atoms with Crippen LogP contribution in [-0.2, 0) is 5.41 Å². The molecule has 9 rings (SSSR count). The first-order chi connectivity index (χ1) is 24.3. The first-order valence-corrected chi connectivity index (χ1v) is 16.6. The van der Waals surface area contributed by atoms with Crippen LogP contribution < -0.4 is 0 Å². The van der Waals surface area contributed by atoms with E-state index in [0.717, 1.165) is 22.3 Å². The number of hydrogen-bond donors (Lipinski definition) is 0. The van der Waals surface area contributed by atoms with Crippen molar-refractivity contribution in [2.75, 3.05) is 0 Å². The SMILES string of the molecule is c1ccc(-c2ccc(-c3nc(-c4ccccc4)nc(-c4ccc5c(c4)-c4ccccc4C5(c4ccccc4)c4ccccc4)n3)cc2)cc1. The minimum Gasteiger partial charge on any atom is -0.208 e. The van der Waals surface area contributed by atoms with Crippen LogP contribution in [0.25, 0.3) is 56.4 Å². The monoisotopic (exact) mass is 625 g/mol. The maximum atomic E-state index is 5.11. The van der Waals surface area contributed by atoms with Crippen molar-refractivity contribution in [3.05, 3.63) is 210 Å². The molecule has 0 amide bonds. The van der Waals surface area contributed by atoms with E-state index in [0.29, 0.717) is 17.5 Å². The molecule has 49 heavy (non-hydrogen) atoms. The Morgan fingerprint density at radius 3 is 1.27 bits per heavy atom. The molecule has 0 atom stereocenters. The summed E-state index contributed by atoms with van der Waals surface area (Å²) in [5.74, 6) is 1.94. The molecular formula is C46H31N3. The first-order valence-electron chi connectivity index (χ1n) is 16.6. The third kappa shape index (κ3) is 4.87. The summed E-state index contributed by atoms with van der Waals surface area (Å²) in [7, 11) is 0. The normalized spacial score (nSPS) is 12.7. The second kappa shape index (κ2) is 12.0. The summed E-state index contributed by atoms with van der Waals surface area (Å²) >= 11 is 0. The van der Waals surface area contributed by atoms with Crippen molar-refractivity contribution in [3.63, 3.8) is 0 Å². The van der Waals surface area contributed by atoms with Gasteiger partial charge in [0.25, 0.3) is 0 Å². The second-order valence-corrected chi connectivity index (χ2v) is 12.4. The van der Waals surface area contributed by atoms with Crippen molar-refractivity contribution in [2.24, 2.45) is 0 Å². The van der Waals surface area contributed by atoms with Crippen LogP contribution in [0.2, 0.25) is 0 Å². The van der Waals surface area contributed by atoms with Crippen LogP contribution in [0.5, 0.6) is 0 Å². The van der Waals surface area contributed by atoms with Gasteiger partial charge in [-0.25, -0.2) is 15.0 Å². The number of fused-ring (bicyclic) bond motifs is 3. The maximum Gasteiger partial charge on any atom is 0.164 e. The highest BCUT2D eigenvalue weighted by atomic mass is 15.0. The topological polar surface area (TPSA) is 38.7 Å². The summed E-state index contributed by atoms with van der Waals surface area (Å²) in [6.07, 6.45) is 0. The Morgan fingerprint density at radius 1 is 0.286 bits per heavy atom. The summed E-state index contributed by atoms with van der Waals surface area (Å²) in [5, 5.41) is 0. The Labute approximate surface area is 286 Å². The van der Waals surface area contributed by atoms with Crippen molar-refractivity contribution in [1.29, 1.82) is 0 Å². The molecule has 0 aliphatic heterocycles. The van der Waals surface area contributed by atoms with Crippen LogP contribution in [0.3, 0.4) is 0 Å². The van der Waals surface area contributed by atoms with E-state index in [1.807, 2.05) is 24.3 Å². The maximum absolute atomic E-state index is 5.11. The number of nitrogens with zero attached hydrogens (tertiary/aromatic N) is 3. The van der Waals surface area contributed by atoms with Crippen molar-refractivity contribution < 1.29 is 0 Å². The predicted molar refractivity (Wildman–Crippen MR) is 199 cm³/mol. The van der Waals surface area contributed by atoms with Crippen LogP contribution >= 0.6 is 0 Å². The van der Waals surface area contributed by atoms with Crippen molar-refractivity contribution in [1.82, 2.24) is 15.0 Å². The molecule has 3 nitrogen and oxygen atoms in total. The van der Waals surface area contributed by atoms with Gasteiger partial charge >= 0.3 is 0 Å². The van der Waals surface area contributed by atoms with E-state index in [1.54, 1.807) is 0 Å². The Morgan fingerprint density at radius 2 is 0.673 bits per heavy atom. The number of benzene rings is 7. The van der Waals surface area contributed by atoms with Crippen LogP contribution in [0.1, 0.15) is 22.3 Å². The highest BCUT2D eigenvalue weighted by molar-refractivity contribution is 5.88. The van der Waals surface area contributed by atoms with Crippen LogP contribution in [0.4, 0.5) is 0 Å². The average Bonchev–Trinajstić information content (AvgIpc) is 3.49. The molecule has 1 aliphatic carbocycles.